The molecular formula is C25H24ClN3O4. The lowest BCUT2D eigenvalue weighted by atomic mass is 9.93. The van der Waals surface area contributed by atoms with Crippen LogP contribution in [0.15, 0.2) is 52.0 Å². The average Bonchev–Trinajstić information content (AvgIpc) is 3.16. The third-order valence-electron chi connectivity index (χ3n) is 5.61. The normalized spacial score (nSPS) is 14.0. The Kier molecular flexibility index (Phi) is 6.51. The van der Waals surface area contributed by atoms with Crippen LogP contribution < -0.4 is 15.5 Å². The van der Waals surface area contributed by atoms with Crippen LogP contribution in [0.25, 0.3) is 0 Å². The molecule has 170 valence electrons. The van der Waals surface area contributed by atoms with Gasteiger partial charge in [0, 0.05) is 28.3 Å². The highest BCUT2D eigenvalue weighted by atomic mass is 35.5. The van der Waals surface area contributed by atoms with Crippen LogP contribution in [0.2, 0.25) is 5.02 Å². The Bertz CT molecular complexity index is 1260. The van der Waals surface area contributed by atoms with Crippen molar-refractivity contribution in [3.8, 4) is 5.75 Å². The minimum atomic E-state index is -0.371. The van der Waals surface area contributed by atoms with Crippen molar-refractivity contribution in [1.29, 1.82) is 0 Å². The summed E-state index contributed by atoms with van der Waals surface area (Å²) in [4.78, 5) is 25.6. The molecule has 33 heavy (non-hydrogen) atoms. The molecule has 1 aliphatic rings. The summed E-state index contributed by atoms with van der Waals surface area (Å²) in [5.41, 5.74) is 6.68. The molecule has 2 N–H and O–H groups in total. The van der Waals surface area contributed by atoms with Crippen molar-refractivity contribution in [2.45, 2.75) is 33.1 Å². The lowest BCUT2D eigenvalue weighted by molar-refractivity contribution is 0.0950. The van der Waals surface area contributed by atoms with E-state index in [4.69, 9.17) is 20.8 Å². The fourth-order valence-corrected chi connectivity index (χ4v) is 4.18. The molecule has 2 amide bonds. The highest BCUT2D eigenvalue weighted by molar-refractivity contribution is 6.30. The summed E-state index contributed by atoms with van der Waals surface area (Å²) in [5, 5.41) is 7.86. The van der Waals surface area contributed by atoms with Crippen molar-refractivity contribution < 1.29 is 18.7 Å². The number of hydrazone groups is 1. The van der Waals surface area contributed by atoms with Gasteiger partial charge >= 0.3 is 0 Å². The van der Waals surface area contributed by atoms with Crippen molar-refractivity contribution in [2.75, 3.05) is 12.4 Å². The number of carbonyl (C=O) groups is 2. The molecule has 0 bridgehead atoms. The van der Waals surface area contributed by atoms with Crippen LogP contribution in [0.5, 0.6) is 5.75 Å². The molecule has 8 heteroatoms. The van der Waals surface area contributed by atoms with E-state index in [-0.39, 0.29) is 17.6 Å². The van der Waals surface area contributed by atoms with Gasteiger partial charge in [0.2, 0.25) is 0 Å². The minimum absolute atomic E-state index is 0.236. The molecule has 0 radical (unpaired) electrons. The number of aryl methyl sites for hydroxylation is 2. The van der Waals surface area contributed by atoms with E-state index in [0.717, 1.165) is 17.5 Å². The van der Waals surface area contributed by atoms with Gasteiger partial charge in [0.05, 0.1) is 18.4 Å². The number of amides is 2. The molecule has 1 aromatic heterocycles. The molecule has 0 fully saturated rings. The second-order valence-electron chi connectivity index (χ2n) is 7.82. The van der Waals surface area contributed by atoms with Crippen LogP contribution in [0, 0.1) is 13.8 Å². The third-order valence-corrected chi connectivity index (χ3v) is 5.85. The molecule has 2 aromatic carbocycles. The summed E-state index contributed by atoms with van der Waals surface area (Å²) in [6, 6.07) is 12.2. The zero-order valence-electron chi connectivity index (χ0n) is 18.6. The fourth-order valence-electron chi connectivity index (χ4n) is 3.95. The van der Waals surface area contributed by atoms with E-state index in [1.54, 1.807) is 42.5 Å². The number of nitrogens with one attached hydrogen (secondary N) is 2. The third kappa shape index (κ3) is 4.64. The van der Waals surface area contributed by atoms with Gasteiger partial charge in [0.1, 0.15) is 11.5 Å². The molecule has 0 saturated carbocycles. The number of rotatable bonds is 5. The lowest BCUT2D eigenvalue weighted by Crippen LogP contribution is -2.22. The fraction of sp³-hybridized carbons (Fsp3) is 0.240. The van der Waals surface area contributed by atoms with Crippen LogP contribution in [0.4, 0.5) is 5.69 Å². The van der Waals surface area contributed by atoms with Crippen molar-refractivity contribution in [1.82, 2.24) is 5.43 Å². The van der Waals surface area contributed by atoms with Gasteiger partial charge in [-0.15, -0.1) is 0 Å². The maximum Gasteiger partial charge on any atom is 0.291 e. The first kappa shape index (κ1) is 22.6. The topological polar surface area (TPSA) is 92.9 Å². The van der Waals surface area contributed by atoms with Crippen LogP contribution in [0.3, 0.4) is 0 Å². The Morgan fingerprint density at radius 3 is 2.64 bits per heavy atom. The van der Waals surface area contributed by atoms with Crippen molar-refractivity contribution in [3.63, 3.8) is 0 Å². The number of methoxy groups -OCH3 is 1. The molecule has 4 rings (SSSR count). The number of para-hydroxylation sites is 1. The maximum atomic E-state index is 13.0. The number of hydrogen-bond acceptors (Lipinski definition) is 5. The van der Waals surface area contributed by atoms with Gasteiger partial charge in [-0.05, 0) is 62.6 Å². The summed E-state index contributed by atoms with van der Waals surface area (Å²) in [6.45, 7) is 3.70. The highest BCUT2D eigenvalue weighted by Crippen LogP contribution is 2.31. The molecular weight excluding hydrogens is 442 g/mol. The van der Waals surface area contributed by atoms with Gasteiger partial charge in [0.15, 0.2) is 5.76 Å². The Balaban J connectivity index is 1.58. The quantitative estimate of drug-likeness (QED) is 0.501. The monoisotopic (exact) mass is 465 g/mol. The van der Waals surface area contributed by atoms with Gasteiger partial charge in [0.25, 0.3) is 11.8 Å². The summed E-state index contributed by atoms with van der Waals surface area (Å²) < 4.78 is 11.2. The van der Waals surface area contributed by atoms with E-state index < -0.39 is 0 Å². The second kappa shape index (κ2) is 9.50. The van der Waals surface area contributed by atoms with Crippen molar-refractivity contribution >= 4 is 34.8 Å². The summed E-state index contributed by atoms with van der Waals surface area (Å²) in [6.07, 6.45) is 2.17. The lowest BCUT2D eigenvalue weighted by Gasteiger charge is -2.14. The first-order valence-electron chi connectivity index (χ1n) is 10.6. The first-order chi connectivity index (χ1) is 15.9. The molecule has 7 nitrogen and oxygen atoms in total. The molecule has 0 saturated heterocycles. The van der Waals surface area contributed by atoms with E-state index in [9.17, 15) is 9.59 Å². The number of fused-ring (bicyclic) bond motifs is 1. The van der Waals surface area contributed by atoms with Crippen molar-refractivity contribution in [2.24, 2.45) is 5.10 Å². The van der Waals surface area contributed by atoms with E-state index in [1.165, 1.54) is 7.11 Å². The number of ether oxygens (including phenoxy) is 1. The van der Waals surface area contributed by atoms with Gasteiger partial charge in [-0.1, -0.05) is 23.7 Å². The number of carbonyl (C=O) groups excluding carboxylic acids is 2. The number of furan rings is 1. The Morgan fingerprint density at radius 1 is 1.09 bits per heavy atom. The zero-order chi connectivity index (χ0) is 23.5. The largest absolute Gasteiger partial charge is 0.496 e. The Morgan fingerprint density at radius 2 is 1.88 bits per heavy atom. The molecule has 1 aliphatic carbocycles. The van der Waals surface area contributed by atoms with Gasteiger partial charge in [-0.25, -0.2) is 5.43 Å². The van der Waals surface area contributed by atoms with Crippen LogP contribution in [0.1, 0.15) is 56.2 Å². The molecule has 0 spiro atoms. The number of benzene rings is 2. The van der Waals surface area contributed by atoms with Gasteiger partial charge < -0.3 is 14.5 Å². The SMILES string of the molecule is COc1ccccc1C(=O)N/N=C1\CCCc2oc(C(=O)Nc3ccc(Cl)cc3C)c(C)c21. The van der Waals surface area contributed by atoms with Gasteiger partial charge in [-0.3, -0.25) is 9.59 Å². The number of hydrogen-bond donors (Lipinski definition) is 2. The smallest absolute Gasteiger partial charge is 0.291 e. The van der Waals surface area contributed by atoms with E-state index in [1.807, 2.05) is 13.8 Å². The van der Waals surface area contributed by atoms with E-state index >= 15 is 0 Å². The standard InChI is InChI=1S/C25H24ClN3O4/c1-14-13-16(26)11-12-18(14)27-25(31)23-15(2)22-19(8-6-10-21(22)33-23)28-29-24(30)17-7-4-5-9-20(17)32-3/h4-5,7,9,11-13H,6,8,10H2,1-3H3,(H,27,31)(H,29,30)/b28-19+. The minimum Gasteiger partial charge on any atom is -0.496 e. The first-order valence-corrected chi connectivity index (χ1v) is 11.0. The summed E-state index contributed by atoms with van der Waals surface area (Å²) in [7, 11) is 1.51. The highest BCUT2D eigenvalue weighted by Gasteiger charge is 2.28. The maximum absolute atomic E-state index is 13.0. The van der Waals surface area contributed by atoms with Gasteiger partial charge in [-0.2, -0.15) is 5.10 Å². The zero-order valence-corrected chi connectivity index (χ0v) is 19.4. The van der Waals surface area contributed by atoms with E-state index in [0.29, 0.717) is 51.9 Å². The number of nitrogens with zero attached hydrogens (tertiary/aromatic N) is 1. The average molecular weight is 466 g/mol. The van der Waals surface area contributed by atoms with Crippen LogP contribution in [-0.2, 0) is 6.42 Å². The summed E-state index contributed by atoms with van der Waals surface area (Å²) >= 11 is 6.01. The predicted octanol–water partition coefficient (Wildman–Crippen LogP) is 5.28. The number of anilines is 1. The second-order valence-corrected chi connectivity index (χ2v) is 8.26. The summed E-state index contributed by atoms with van der Waals surface area (Å²) in [5.74, 6) is 0.687. The molecule has 0 unspecified atom stereocenters. The van der Waals surface area contributed by atoms with Crippen LogP contribution in [-0.4, -0.2) is 24.6 Å². The molecule has 3 aromatic rings. The molecule has 1 heterocycles. The van der Waals surface area contributed by atoms with Crippen LogP contribution >= 0.6 is 11.6 Å². The molecule has 0 atom stereocenters. The van der Waals surface area contributed by atoms with Crippen molar-refractivity contribution in [3.05, 3.63) is 81.3 Å². The number of halogens is 1. The Labute approximate surface area is 196 Å². The predicted molar refractivity (Wildman–Crippen MR) is 128 cm³/mol. The molecule has 0 aliphatic heterocycles. The Hall–Kier alpha value is -3.58. The van der Waals surface area contributed by atoms with E-state index in [2.05, 4.69) is 15.8 Å².